The largest absolute Gasteiger partial charge is 0.340 e. The molecule has 0 spiro atoms. The molecule has 2 atom stereocenters. The maximum absolute atomic E-state index is 12.1. The molecule has 2 aliphatic rings. The number of nitrogens with zero attached hydrogens (tertiary/aromatic N) is 2. The number of hydrogen-bond donors (Lipinski definition) is 1. The number of likely N-dealkylation sites (N-methyl/N-ethyl adjacent to an activating group) is 2. The van der Waals surface area contributed by atoms with Crippen LogP contribution >= 0.6 is 0 Å². The van der Waals surface area contributed by atoms with Crippen molar-refractivity contribution >= 4 is 5.91 Å². The van der Waals surface area contributed by atoms with Crippen LogP contribution in [0.1, 0.15) is 33.1 Å². The minimum Gasteiger partial charge on any atom is -0.340 e. The molecule has 0 aromatic heterocycles. The van der Waals surface area contributed by atoms with E-state index in [1.807, 2.05) is 0 Å². The highest BCUT2D eigenvalue weighted by atomic mass is 16.2. The minimum absolute atomic E-state index is 0.0801. The maximum Gasteiger partial charge on any atom is 0.239 e. The van der Waals surface area contributed by atoms with Crippen molar-refractivity contribution in [1.82, 2.24) is 15.1 Å². The standard InChI is InChI=1S/C13H25N3O/c1-3-14-12-7-9-16(13(12)17)10-11-6-5-8-15(11)4-2/h11-12,14H,3-10H2,1-2H3. The van der Waals surface area contributed by atoms with Crippen molar-refractivity contribution in [2.24, 2.45) is 0 Å². The Bertz CT molecular complexity index is 269. The van der Waals surface area contributed by atoms with Crippen molar-refractivity contribution in [1.29, 1.82) is 0 Å². The minimum atomic E-state index is 0.0801. The molecule has 2 fully saturated rings. The Hall–Kier alpha value is -0.610. The summed E-state index contributed by atoms with van der Waals surface area (Å²) in [7, 11) is 0. The summed E-state index contributed by atoms with van der Waals surface area (Å²) in [5.41, 5.74) is 0. The maximum atomic E-state index is 12.1. The van der Waals surface area contributed by atoms with Crippen molar-refractivity contribution in [2.75, 3.05) is 32.7 Å². The SMILES string of the molecule is CCNC1CCN(CC2CCCN2CC)C1=O. The molecule has 2 unspecified atom stereocenters. The first-order chi connectivity index (χ1) is 8.26. The van der Waals surface area contributed by atoms with Crippen molar-refractivity contribution in [3.05, 3.63) is 0 Å². The van der Waals surface area contributed by atoms with Gasteiger partial charge in [0.05, 0.1) is 6.04 Å². The summed E-state index contributed by atoms with van der Waals surface area (Å²) < 4.78 is 0. The molecule has 98 valence electrons. The molecule has 1 N–H and O–H groups in total. The van der Waals surface area contributed by atoms with Crippen LogP contribution in [0.15, 0.2) is 0 Å². The van der Waals surface area contributed by atoms with Gasteiger partial charge in [-0.25, -0.2) is 0 Å². The van der Waals surface area contributed by atoms with Crippen molar-refractivity contribution in [3.8, 4) is 0 Å². The van der Waals surface area contributed by atoms with E-state index in [2.05, 4.69) is 29.0 Å². The molecular weight excluding hydrogens is 214 g/mol. The summed E-state index contributed by atoms with van der Waals surface area (Å²) in [6.45, 7) is 9.36. The van der Waals surface area contributed by atoms with Crippen LogP contribution in [-0.4, -0.2) is 60.5 Å². The van der Waals surface area contributed by atoms with E-state index in [0.717, 1.165) is 32.6 Å². The predicted octanol–water partition coefficient (Wildman–Crippen LogP) is 0.681. The topological polar surface area (TPSA) is 35.6 Å². The highest BCUT2D eigenvalue weighted by Gasteiger charge is 2.34. The molecule has 0 bridgehead atoms. The second kappa shape index (κ2) is 5.83. The van der Waals surface area contributed by atoms with E-state index >= 15 is 0 Å². The molecule has 4 nitrogen and oxygen atoms in total. The van der Waals surface area contributed by atoms with Gasteiger partial charge in [-0.3, -0.25) is 9.69 Å². The quantitative estimate of drug-likeness (QED) is 0.766. The first-order valence-electron chi connectivity index (χ1n) is 7.02. The Labute approximate surface area is 104 Å². The summed E-state index contributed by atoms with van der Waals surface area (Å²) in [5.74, 6) is 0.315. The fourth-order valence-corrected chi connectivity index (χ4v) is 3.13. The molecule has 0 aliphatic carbocycles. The van der Waals surface area contributed by atoms with Gasteiger partial charge in [-0.15, -0.1) is 0 Å². The first-order valence-corrected chi connectivity index (χ1v) is 7.02. The van der Waals surface area contributed by atoms with E-state index in [1.165, 1.54) is 19.4 Å². The highest BCUT2D eigenvalue weighted by Crippen LogP contribution is 2.20. The van der Waals surface area contributed by atoms with Gasteiger partial charge in [0.2, 0.25) is 5.91 Å². The number of amides is 1. The molecule has 0 radical (unpaired) electrons. The van der Waals surface area contributed by atoms with Crippen LogP contribution < -0.4 is 5.32 Å². The Kier molecular flexibility index (Phi) is 4.40. The Balaban J connectivity index is 1.85. The number of hydrogen-bond acceptors (Lipinski definition) is 3. The zero-order valence-corrected chi connectivity index (χ0v) is 11.1. The smallest absolute Gasteiger partial charge is 0.239 e. The second-order valence-corrected chi connectivity index (χ2v) is 5.11. The fraction of sp³-hybridized carbons (Fsp3) is 0.923. The zero-order chi connectivity index (χ0) is 12.3. The second-order valence-electron chi connectivity index (χ2n) is 5.11. The fourth-order valence-electron chi connectivity index (χ4n) is 3.13. The number of carbonyl (C=O) groups excluding carboxylic acids is 1. The van der Waals surface area contributed by atoms with E-state index in [1.54, 1.807) is 0 Å². The van der Waals surface area contributed by atoms with Crippen LogP contribution in [0.3, 0.4) is 0 Å². The van der Waals surface area contributed by atoms with Gasteiger partial charge in [0, 0.05) is 19.1 Å². The lowest BCUT2D eigenvalue weighted by Crippen LogP contribution is -2.44. The molecule has 17 heavy (non-hydrogen) atoms. The van der Waals surface area contributed by atoms with E-state index in [-0.39, 0.29) is 6.04 Å². The summed E-state index contributed by atoms with van der Waals surface area (Å²) in [6.07, 6.45) is 3.52. The third-order valence-corrected chi connectivity index (χ3v) is 4.08. The lowest BCUT2D eigenvalue weighted by atomic mass is 10.2. The van der Waals surface area contributed by atoms with Gasteiger partial charge in [0.25, 0.3) is 0 Å². The average Bonchev–Trinajstić information content (AvgIpc) is 2.91. The zero-order valence-electron chi connectivity index (χ0n) is 11.1. The summed E-state index contributed by atoms with van der Waals surface area (Å²) in [5, 5.41) is 3.27. The van der Waals surface area contributed by atoms with Gasteiger partial charge in [-0.05, 0) is 38.9 Å². The molecule has 2 heterocycles. The highest BCUT2D eigenvalue weighted by molar-refractivity contribution is 5.84. The molecule has 0 aromatic carbocycles. The predicted molar refractivity (Wildman–Crippen MR) is 68.9 cm³/mol. The van der Waals surface area contributed by atoms with Crippen molar-refractivity contribution in [2.45, 2.75) is 45.2 Å². The molecule has 2 saturated heterocycles. The van der Waals surface area contributed by atoms with Crippen LogP contribution in [0.25, 0.3) is 0 Å². The van der Waals surface area contributed by atoms with Crippen molar-refractivity contribution < 1.29 is 4.79 Å². The number of carbonyl (C=O) groups is 1. The van der Waals surface area contributed by atoms with Gasteiger partial charge in [0.15, 0.2) is 0 Å². The van der Waals surface area contributed by atoms with Crippen LogP contribution in [0.2, 0.25) is 0 Å². The Morgan fingerprint density at radius 3 is 2.82 bits per heavy atom. The number of nitrogens with one attached hydrogen (secondary N) is 1. The van der Waals surface area contributed by atoms with Gasteiger partial charge in [0.1, 0.15) is 0 Å². The Morgan fingerprint density at radius 2 is 2.12 bits per heavy atom. The molecule has 1 amide bonds. The van der Waals surface area contributed by atoms with Gasteiger partial charge < -0.3 is 10.2 Å². The van der Waals surface area contributed by atoms with Crippen molar-refractivity contribution in [3.63, 3.8) is 0 Å². The van der Waals surface area contributed by atoms with Crippen LogP contribution in [0, 0.1) is 0 Å². The summed E-state index contributed by atoms with van der Waals surface area (Å²) >= 11 is 0. The van der Waals surface area contributed by atoms with Gasteiger partial charge in [-0.1, -0.05) is 13.8 Å². The number of likely N-dealkylation sites (tertiary alicyclic amines) is 2. The van der Waals surface area contributed by atoms with E-state index in [0.29, 0.717) is 11.9 Å². The van der Waals surface area contributed by atoms with E-state index in [4.69, 9.17) is 0 Å². The monoisotopic (exact) mass is 239 g/mol. The summed E-state index contributed by atoms with van der Waals surface area (Å²) in [4.78, 5) is 16.7. The van der Waals surface area contributed by atoms with E-state index in [9.17, 15) is 4.79 Å². The number of rotatable bonds is 5. The molecular formula is C13H25N3O. The lowest BCUT2D eigenvalue weighted by Gasteiger charge is -2.27. The van der Waals surface area contributed by atoms with Gasteiger partial charge in [-0.2, -0.15) is 0 Å². The Morgan fingerprint density at radius 1 is 1.29 bits per heavy atom. The average molecular weight is 239 g/mol. The molecule has 2 rings (SSSR count). The summed E-state index contributed by atoms with van der Waals surface area (Å²) in [6, 6.07) is 0.681. The third-order valence-electron chi connectivity index (χ3n) is 4.08. The van der Waals surface area contributed by atoms with Crippen LogP contribution in [0.5, 0.6) is 0 Å². The molecule has 4 heteroatoms. The lowest BCUT2D eigenvalue weighted by molar-refractivity contribution is -0.130. The molecule has 2 aliphatic heterocycles. The molecule has 0 aromatic rings. The third kappa shape index (κ3) is 2.80. The first kappa shape index (κ1) is 12.8. The van der Waals surface area contributed by atoms with E-state index < -0.39 is 0 Å². The van der Waals surface area contributed by atoms with Gasteiger partial charge >= 0.3 is 0 Å². The normalized spacial score (nSPS) is 30.5. The van der Waals surface area contributed by atoms with Crippen LogP contribution in [-0.2, 0) is 4.79 Å². The molecule has 0 saturated carbocycles. The van der Waals surface area contributed by atoms with Crippen LogP contribution in [0.4, 0.5) is 0 Å².